The Labute approximate surface area is 176 Å². The van der Waals surface area contributed by atoms with Crippen LogP contribution < -0.4 is 4.74 Å². The van der Waals surface area contributed by atoms with Gasteiger partial charge in [-0.3, -0.25) is 4.79 Å². The quantitative estimate of drug-likeness (QED) is 0.731. The molecule has 6 heteroatoms. The third-order valence-corrected chi connectivity index (χ3v) is 6.49. The monoisotopic (exact) mass is 410 g/mol. The molecular formula is C23H26N2O3S. The van der Waals surface area contributed by atoms with Gasteiger partial charge in [0.1, 0.15) is 11.9 Å². The first-order valence-electron chi connectivity index (χ1n) is 9.95. The maximum Gasteiger partial charge on any atom is 0.232 e. The van der Waals surface area contributed by atoms with Crippen molar-refractivity contribution >= 4 is 23.6 Å². The number of nitrogens with zero attached hydrogens (tertiary/aromatic N) is 2. The molecule has 4 rings (SSSR count). The van der Waals surface area contributed by atoms with Crippen LogP contribution in [-0.2, 0) is 22.5 Å². The molecule has 0 saturated heterocycles. The minimum absolute atomic E-state index is 0.0107. The van der Waals surface area contributed by atoms with Crippen LogP contribution in [0.4, 0.5) is 0 Å². The van der Waals surface area contributed by atoms with Crippen LogP contribution >= 0.6 is 11.8 Å². The molecule has 0 spiro atoms. The second-order valence-corrected chi connectivity index (χ2v) is 8.43. The molecule has 2 atom stereocenters. The highest BCUT2D eigenvalue weighted by molar-refractivity contribution is 8.00. The van der Waals surface area contributed by atoms with Crippen molar-refractivity contribution in [2.45, 2.75) is 32.0 Å². The molecular weight excluding hydrogens is 384 g/mol. The van der Waals surface area contributed by atoms with Gasteiger partial charge in [0, 0.05) is 24.4 Å². The van der Waals surface area contributed by atoms with Crippen molar-refractivity contribution in [1.29, 1.82) is 0 Å². The molecule has 2 unspecified atom stereocenters. The standard InChI is InChI=1S/C23H26N2O3S/c1-16-21(24-23(28-16)18-7-9-20(27-2)10-8-18)14-29-15-22(26)25-12-11-17-5-3-4-6-19(17)13-25/h3-10,16,21H,11-15H2,1-2H3. The van der Waals surface area contributed by atoms with Crippen LogP contribution in [0, 0.1) is 0 Å². The lowest BCUT2D eigenvalue weighted by Gasteiger charge is -2.29. The lowest BCUT2D eigenvalue weighted by atomic mass is 10.00. The lowest BCUT2D eigenvalue weighted by Crippen LogP contribution is -2.37. The highest BCUT2D eigenvalue weighted by atomic mass is 32.2. The molecule has 2 aliphatic heterocycles. The highest BCUT2D eigenvalue weighted by Crippen LogP contribution is 2.24. The third-order valence-electron chi connectivity index (χ3n) is 5.46. The zero-order chi connectivity index (χ0) is 20.2. The Morgan fingerprint density at radius 1 is 1.21 bits per heavy atom. The normalized spacial score (nSPS) is 20.6. The van der Waals surface area contributed by atoms with Gasteiger partial charge in [-0.05, 0) is 48.7 Å². The molecule has 0 aliphatic carbocycles. The van der Waals surface area contributed by atoms with Crippen molar-refractivity contribution in [3.05, 3.63) is 65.2 Å². The molecule has 0 radical (unpaired) electrons. The van der Waals surface area contributed by atoms with Crippen LogP contribution in [0.1, 0.15) is 23.6 Å². The van der Waals surface area contributed by atoms with Gasteiger partial charge >= 0.3 is 0 Å². The van der Waals surface area contributed by atoms with Crippen LogP contribution in [0.15, 0.2) is 53.5 Å². The Morgan fingerprint density at radius 2 is 1.97 bits per heavy atom. The molecule has 0 N–H and O–H groups in total. The predicted octanol–water partition coefficient (Wildman–Crippen LogP) is 3.55. The van der Waals surface area contributed by atoms with Crippen LogP contribution in [-0.4, -0.2) is 54.0 Å². The van der Waals surface area contributed by atoms with E-state index in [1.807, 2.05) is 42.2 Å². The van der Waals surface area contributed by atoms with E-state index in [2.05, 4.69) is 18.2 Å². The summed E-state index contributed by atoms with van der Waals surface area (Å²) in [5.74, 6) is 2.95. The smallest absolute Gasteiger partial charge is 0.232 e. The molecule has 5 nitrogen and oxygen atoms in total. The first-order valence-corrected chi connectivity index (χ1v) is 11.1. The number of hydrogen-bond donors (Lipinski definition) is 0. The Kier molecular flexibility index (Phi) is 6.09. The Hall–Kier alpha value is -2.47. The zero-order valence-electron chi connectivity index (χ0n) is 16.8. The summed E-state index contributed by atoms with van der Waals surface area (Å²) in [6.07, 6.45) is 0.951. The Bertz CT molecular complexity index is 897. The number of fused-ring (bicyclic) bond motifs is 1. The number of rotatable bonds is 6. The number of aliphatic imine (C=N–C) groups is 1. The summed E-state index contributed by atoms with van der Waals surface area (Å²) in [5.41, 5.74) is 3.58. The van der Waals surface area contributed by atoms with Gasteiger partial charge < -0.3 is 14.4 Å². The SMILES string of the molecule is COc1ccc(C2=NC(CSCC(=O)N3CCc4ccccc4C3)C(C)O2)cc1. The molecule has 2 heterocycles. The first-order chi connectivity index (χ1) is 14.1. The fourth-order valence-electron chi connectivity index (χ4n) is 3.66. The highest BCUT2D eigenvalue weighted by Gasteiger charge is 2.28. The zero-order valence-corrected chi connectivity index (χ0v) is 17.7. The van der Waals surface area contributed by atoms with Gasteiger partial charge in [0.15, 0.2) is 0 Å². The predicted molar refractivity (Wildman–Crippen MR) is 117 cm³/mol. The Balaban J connectivity index is 1.29. The number of amides is 1. The van der Waals surface area contributed by atoms with Gasteiger partial charge in [-0.15, -0.1) is 11.8 Å². The van der Waals surface area contributed by atoms with Crippen molar-refractivity contribution in [3.8, 4) is 5.75 Å². The van der Waals surface area contributed by atoms with Gasteiger partial charge in [0.05, 0.1) is 18.9 Å². The summed E-state index contributed by atoms with van der Waals surface area (Å²) in [6.45, 7) is 3.56. The second kappa shape index (κ2) is 8.91. The molecule has 2 aromatic carbocycles. The molecule has 1 amide bonds. The van der Waals surface area contributed by atoms with Gasteiger partial charge in [-0.25, -0.2) is 4.99 Å². The topological polar surface area (TPSA) is 51.1 Å². The number of methoxy groups -OCH3 is 1. The fraction of sp³-hybridized carbons (Fsp3) is 0.391. The van der Waals surface area contributed by atoms with E-state index < -0.39 is 0 Å². The summed E-state index contributed by atoms with van der Waals surface area (Å²) in [4.78, 5) is 19.3. The van der Waals surface area contributed by atoms with Crippen LogP contribution in [0.2, 0.25) is 0 Å². The largest absolute Gasteiger partial charge is 0.497 e. The molecule has 2 aromatic rings. The average molecular weight is 411 g/mol. The van der Waals surface area contributed by atoms with E-state index in [-0.39, 0.29) is 18.1 Å². The maximum absolute atomic E-state index is 12.6. The molecule has 152 valence electrons. The molecule has 2 aliphatic rings. The van der Waals surface area contributed by atoms with E-state index in [0.29, 0.717) is 11.7 Å². The average Bonchev–Trinajstić information content (AvgIpc) is 3.14. The summed E-state index contributed by atoms with van der Waals surface area (Å²) >= 11 is 1.64. The number of carbonyl (C=O) groups excluding carboxylic acids is 1. The van der Waals surface area contributed by atoms with Crippen LogP contribution in [0.25, 0.3) is 0 Å². The van der Waals surface area contributed by atoms with Crippen molar-refractivity contribution in [2.75, 3.05) is 25.2 Å². The molecule has 29 heavy (non-hydrogen) atoms. The van der Waals surface area contributed by atoms with E-state index in [4.69, 9.17) is 14.5 Å². The summed E-state index contributed by atoms with van der Waals surface area (Å²) in [5, 5.41) is 0. The number of carbonyl (C=O) groups is 1. The van der Waals surface area contributed by atoms with Crippen molar-refractivity contribution in [1.82, 2.24) is 4.90 Å². The first kappa shape index (κ1) is 19.8. The van der Waals surface area contributed by atoms with Crippen molar-refractivity contribution in [3.63, 3.8) is 0 Å². The molecule has 0 bridgehead atoms. The van der Waals surface area contributed by atoms with Crippen molar-refractivity contribution < 1.29 is 14.3 Å². The van der Waals surface area contributed by atoms with E-state index >= 15 is 0 Å². The minimum atomic E-state index is 0.0107. The van der Waals surface area contributed by atoms with E-state index in [1.165, 1.54) is 11.1 Å². The summed E-state index contributed by atoms with van der Waals surface area (Å²) in [6, 6.07) is 16.2. The van der Waals surface area contributed by atoms with E-state index in [9.17, 15) is 4.79 Å². The minimum Gasteiger partial charge on any atom is -0.497 e. The third kappa shape index (κ3) is 4.58. The number of benzene rings is 2. The van der Waals surface area contributed by atoms with Crippen LogP contribution in [0.3, 0.4) is 0 Å². The van der Waals surface area contributed by atoms with E-state index in [0.717, 1.165) is 36.6 Å². The van der Waals surface area contributed by atoms with Gasteiger partial charge in [-0.2, -0.15) is 0 Å². The number of hydrogen-bond acceptors (Lipinski definition) is 5. The second-order valence-electron chi connectivity index (χ2n) is 7.40. The lowest BCUT2D eigenvalue weighted by molar-refractivity contribution is -0.129. The van der Waals surface area contributed by atoms with Crippen LogP contribution in [0.5, 0.6) is 5.75 Å². The number of thioether (sulfide) groups is 1. The van der Waals surface area contributed by atoms with Gasteiger partial charge in [-0.1, -0.05) is 24.3 Å². The van der Waals surface area contributed by atoms with Gasteiger partial charge in [0.2, 0.25) is 11.8 Å². The Morgan fingerprint density at radius 3 is 2.72 bits per heavy atom. The van der Waals surface area contributed by atoms with E-state index in [1.54, 1.807) is 18.9 Å². The molecule has 0 fully saturated rings. The molecule has 0 aromatic heterocycles. The van der Waals surface area contributed by atoms with Crippen molar-refractivity contribution in [2.24, 2.45) is 4.99 Å². The number of ether oxygens (including phenoxy) is 2. The molecule has 0 saturated carbocycles. The maximum atomic E-state index is 12.6. The fourth-order valence-corrected chi connectivity index (χ4v) is 4.72. The summed E-state index contributed by atoms with van der Waals surface area (Å²) < 4.78 is 11.1. The van der Waals surface area contributed by atoms with Gasteiger partial charge in [0.25, 0.3) is 0 Å². The summed E-state index contributed by atoms with van der Waals surface area (Å²) in [7, 11) is 1.65.